The fourth-order valence-corrected chi connectivity index (χ4v) is 5.08. The Hall–Kier alpha value is -3.10. The predicted molar refractivity (Wildman–Crippen MR) is 126 cm³/mol. The van der Waals surface area contributed by atoms with E-state index in [9.17, 15) is 9.59 Å². The number of aromatic nitrogens is 4. The van der Waals surface area contributed by atoms with Crippen LogP contribution in [-0.2, 0) is 11.3 Å². The van der Waals surface area contributed by atoms with E-state index in [-0.39, 0.29) is 23.9 Å². The Kier molecular flexibility index (Phi) is 5.48. The first-order chi connectivity index (χ1) is 15.5. The van der Waals surface area contributed by atoms with E-state index in [4.69, 9.17) is 16.6 Å². The lowest BCUT2D eigenvalue weighted by Gasteiger charge is -2.13. The highest BCUT2D eigenvalue weighted by atomic mass is 35.5. The van der Waals surface area contributed by atoms with Gasteiger partial charge in [0.25, 0.3) is 5.56 Å². The third kappa shape index (κ3) is 3.91. The molecule has 0 saturated heterocycles. The molecule has 0 saturated carbocycles. The third-order valence-corrected chi connectivity index (χ3v) is 6.79. The summed E-state index contributed by atoms with van der Waals surface area (Å²) in [6.07, 6.45) is 1.77. The van der Waals surface area contributed by atoms with Crippen molar-refractivity contribution in [1.29, 1.82) is 0 Å². The van der Waals surface area contributed by atoms with Gasteiger partial charge in [0, 0.05) is 23.7 Å². The lowest BCUT2D eigenvalue weighted by molar-refractivity contribution is -0.121. The normalized spacial score (nSPS) is 15.1. The summed E-state index contributed by atoms with van der Waals surface area (Å²) < 4.78 is 3.33. The summed E-state index contributed by atoms with van der Waals surface area (Å²) in [5.74, 6) is 0.516. The largest absolute Gasteiger partial charge is 0.352 e. The maximum atomic E-state index is 13.2. The van der Waals surface area contributed by atoms with Crippen molar-refractivity contribution >= 4 is 40.3 Å². The number of nitrogens with zero attached hydrogens (tertiary/aromatic N) is 4. The minimum Gasteiger partial charge on any atom is -0.352 e. The number of nitrogens with one attached hydrogen (secondary N) is 1. The number of carbonyl (C=O) groups excluding carboxylic acids is 1. The first kappa shape index (κ1) is 20.8. The van der Waals surface area contributed by atoms with Crippen LogP contribution in [0.1, 0.15) is 23.6 Å². The van der Waals surface area contributed by atoms with E-state index in [0.29, 0.717) is 33.5 Å². The maximum Gasteiger partial charge on any atom is 0.265 e. The Bertz CT molecular complexity index is 1380. The van der Waals surface area contributed by atoms with E-state index in [1.165, 1.54) is 11.8 Å². The van der Waals surface area contributed by atoms with E-state index < -0.39 is 0 Å². The molecule has 0 bridgehead atoms. The molecule has 9 heteroatoms. The van der Waals surface area contributed by atoms with Crippen LogP contribution in [-0.4, -0.2) is 31.0 Å². The van der Waals surface area contributed by atoms with Gasteiger partial charge in [-0.1, -0.05) is 47.6 Å². The van der Waals surface area contributed by atoms with Crippen molar-refractivity contribution in [1.82, 2.24) is 24.6 Å². The minimum atomic E-state index is -0.244. The number of carbonyl (C=O) groups is 1. The van der Waals surface area contributed by atoms with Gasteiger partial charge in [-0.05, 0) is 42.3 Å². The zero-order valence-corrected chi connectivity index (χ0v) is 18.9. The molecular formula is C23H20ClN5O2S. The SMILES string of the molecule is Cc1cccc(-n2ncc3c(=O)n4c(nc32)SCC4CC(=O)NCc2ccc(Cl)cc2)c1. The Balaban J connectivity index is 1.38. The van der Waals surface area contributed by atoms with Crippen molar-refractivity contribution in [2.45, 2.75) is 31.1 Å². The average Bonchev–Trinajstić information content (AvgIpc) is 3.38. The topological polar surface area (TPSA) is 81.8 Å². The summed E-state index contributed by atoms with van der Waals surface area (Å²) >= 11 is 7.39. The second-order valence-electron chi connectivity index (χ2n) is 7.77. The van der Waals surface area contributed by atoms with Crippen LogP contribution in [0.3, 0.4) is 0 Å². The molecular weight excluding hydrogens is 446 g/mol. The Labute approximate surface area is 193 Å². The van der Waals surface area contributed by atoms with Crippen molar-refractivity contribution in [2.75, 3.05) is 5.75 Å². The van der Waals surface area contributed by atoms with Gasteiger partial charge in [-0.25, -0.2) is 9.67 Å². The quantitative estimate of drug-likeness (QED) is 0.452. The molecule has 0 spiro atoms. The summed E-state index contributed by atoms with van der Waals surface area (Å²) in [7, 11) is 0. The van der Waals surface area contributed by atoms with Crippen LogP contribution in [0.5, 0.6) is 0 Å². The van der Waals surface area contributed by atoms with Gasteiger partial charge in [0.15, 0.2) is 10.8 Å². The molecule has 32 heavy (non-hydrogen) atoms. The summed E-state index contributed by atoms with van der Waals surface area (Å²) in [6, 6.07) is 15.0. The number of halogens is 1. The predicted octanol–water partition coefficient (Wildman–Crippen LogP) is 3.90. The monoisotopic (exact) mass is 465 g/mol. The van der Waals surface area contributed by atoms with Gasteiger partial charge >= 0.3 is 0 Å². The smallest absolute Gasteiger partial charge is 0.265 e. The van der Waals surface area contributed by atoms with Crippen LogP contribution in [0.15, 0.2) is 64.7 Å². The Morgan fingerprint density at radius 1 is 1.25 bits per heavy atom. The highest BCUT2D eigenvalue weighted by Gasteiger charge is 2.29. The van der Waals surface area contributed by atoms with Crippen LogP contribution in [0, 0.1) is 6.92 Å². The van der Waals surface area contributed by atoms with E-state index in [2.05, 4.69) is 10.4 Å². The average molecular weight is 466 g/mol. The van der Waals surface area contributed by atoms with Crippen molar-refractivity contribution in [3.63, 3.8) is 0 Å². The van der Waals surface area contributed by atoms with Gasteiger partial charge in [0.1, 0.15) is 5.39 Å². The zero-order chi connectivity index (χ0) is 22.2. The number of hydrogen-bond acceptors (Lipinski definition) is 5. The zero-order valence-electron chi connectivity index (χ0n) is 17.3. The second kappa shape index (κ2) is 8.44. The summed E-state index contributed by atoms with van der Waals surface area (Å²) in [6.45, 7) is 2.42. The second-order valence-corrected chi connectivity index (χ2v) is 9.20. The number of benzene rings is 2. The van der Waals surface area contributed by atoms with Crippen molar-refractivity contribution in [2.24, 2.45) is 0 Å². The first-order valence-corrected chi connectivity index (χ1v) is 11.6. The number of aryl methyl sites for hydroxylation is 1. The molecule has 1 N–H and O–H groups in total. The van der Waals surface area contributed by atoms with E-state index >= 15 is 0 Å². The molecule has 5 rings (SSSR count). The van der Waals surface area contributed by atoms with E-state index in [0.717, 1.165) is 16.8 Å². The molecule has 1 amide bonds. The number of rotatable bonds is 5. The van der Waals surface area contributed by atoms with E-state index in [1.807, 2.05) is 43.3 Å². The highest BCUT2D eigenvalue weighted by molar-refractivity contribution is 7.99. The molecule has 0 aliphatic carbocycles. The molecule has 0 fully saturated rings. The summed E-state index contributed by atoms with van der Waals surface area (Å²) in [5.41, 5.74) is 3.30. The van der Waals surface area contributed by atoms with Crippen LogP contribution in [0.25, 0.3) is 16.7 Å². The molecule has 0 radical (unpaired) electrons. The molecule has 4 aromatic rings. The molecule has 2 aromatic heterocycles. The fraction of sp³-hybridized carbons (Fsp3) is 0.217. The van der Waals surface area contributed by atoms with Crippen molar-refractivity contribution in [3.05, 3.63) is 81.2 Å². The number of hydrogen-bond donors (Lipinski definition) is 1. The van der Waals surface area contributed by atoms with Gasteiger partial charge in [-0.15, -0.1) is 0 Å². The molecule has 3 heterocycles. The van der Waals surface area contributed by atoms with Crippen LogP contribution in [0.4, 0.5) is 0 Å². The molecule has 1 atom stereocenters. The molecule has 162 valence electrons. The van der Waals surface area contributed by atoms with Gasteiger partial charge < -0.3 is 5.32 Å². The van der Waals surface area contributed by atoms with E-state index in [1.54, 1.807) is 27.6 Å². The Morgan fingerprint density at radius 2 is 2.06 bits per heavy atom. The fourth-order valence-electron chi connectivity index (χ4n) is 3.82. The standard InChI is InChI=1S/C23H20ClN5O2S/c1-14-3-2-4-17(9-14)29-21-19(12-26-29)22(31)28-18(13-32-23(28)27-21)10-20(30)25-11-15-5-7-16(24)8-6-15/h2-9,12,18H,10-11,13H2,1H3,(H,25,30). The number of amides is 1. The van der Waals surface area contributed by atoms with Gasteiger partial charge in [-0.2, -0.15) is 5.10 Å². The highest BCUT2D eigenvalue weighted by Crippen LogP contribution is 2.33. The third-order valence-electron chi connectivity index (χ3n) is 5.44. The molecule has 1 aliphatic rings. The van der Waals surface area contributed by atoms with Gasteiger partial charge in [0.05, 0.1) is 17.9 Å². The molecule has 2 aromatic carbocycles. The molecule has 7 nitrogen and oxygen atoms in total. The van der Waals surface area contributed by atoms with Crippen LogP contribution >= 0.6 is 23.4 Å². The van der Waals surface area contributed by atoms with Crippen molar-refractivity contribution < 1.29 is 4.79 Å². The minimum absolute atomic E-state index is 0.110. The van der Waals surface area contributed by atoms with Crippen LogP contribution in [0.2, 0.25) is 5.02 Å². The first-order valence-electron chi connectivity index (χ1n) is 10.2. The van der Waals surface area contributed by atoms with Gasteiger partial charge in [0.2, 0.25) is 5.91 Å². The summed E-state index contributed by atoms with van der Waals surface area (Å²) in [5, 5.41) is 9.05. The molecule has 1 unspecified atom stereocenters. The number of thioether (sulfide) groups is 1. The number of fused-ring (bicyclic) bond motifs is 2. The van der Waals surface area contributed by atoms with Gasteiger partial charge in [-0.3, -0.25) is 14.2 Å². The molecule has 1 aliphatic heterocycles. The van der Waals surface area contributed by atoms with Crippen molar-refractivity contribution in [3.8, 4) is 5.69 Å². The lowest BCUT2D eigenvalue weighted by Crippen LogP contribution is -2.30. The maximum absolute atomic E-state index is 13.2. The lowest BCUT2D eigenvalue weighted by atomic mass is 10.2. The van der Waals surface area contributed by atoms with Crippen LogP contribution < -0.4 is 10.9 Å². The Morgan fingerprint density at radius 3 is 2.84 bits per heavy atom. The summed E-state index contributed by atoms with van der Waals surface area (Å²) in [4.78, 5) is 30.5.